The van der Waals surface area contributed by atoms with Gasteiger partial charge in [0.2, 0.25) is 0 Å². The largest absolute Gasteiger partial charge is 0.478 e. The summed E-state index contributed by atoms with van der Waals surface area (Å²) in [7, 11) is 0. The van der Waals surface area contributed by atoms with Gasteiger partial charge in [0.15, 0.2) is 0 Å². The van der Waals surface area contributed by atoms with Crippen molar-refractivity contribution in [1.29, 1.82) is 0 Å². The van der Waals surface area contributed by atoms with Gasteiger partial charge < -0.3 is 9.67 Å². The summed E-state index contributed by atoms with van der Waals surface area (Å²) in [5, 5.41) is 21.3. The molecule has 1 aromatic heterocycles. The van der Waals surface area contributed by atoms with Crippen LogP contribution in [0.5, 0.6) is 0 Å². The Balaban J connectivity index is 2.05. The number of unbranched alkanes of at least 4 members (excludes halogenated alkanes) is 1. The average Bonchev–Trinajstić information content (AvgIpc) is 3.13. The van der Waals surface area contributed by atoms with Gasteiger partial charge in [-0.15, -0.1) is 0 Å². The molecule has 0 aliphatic carbocycles. The summed E-state index contributed by atoms with van der Waals surface area (Å²) in [4.78, 5) is 26.9. The molecule has 0 aliphatic rings. The number of nitro groups is 1. The minimum atomic E-state index is -1.13. The van der Waals surface area contributed by atoms with E-state index in [1.54, 1.807) is 12.3 Å². The molecule has 8 heteroatoms. The van der Waals surface area contributed by atoms with E-state index in [0.717, 1.165) is 30.7 Å². The first-order valence-corrected chi connectivity index (χ1v) is 10.3. The van der Waals surface area contributed by atoms with Crippen LogP contribution in [-0.4, -0.2) is 25.6 Å². The number of halogens is 1. The number of carboxylic acid groups (broad SMARTS) is 1. The fourth-order valence-corrected chi connectivity index (χ4v) is 3.43. The lowest BCUT2D eigenvalue weighted by Crippen LogP contribution is -2.09. The number of carbonyl (C=O) groups is 1. The zero-order valence-electron chi connectivity index (χ0n) is 17.0. The summed E-state index contributed by atoms with van der Waals surface area (Å²) in [6.45, 7) is 2.55. The summed E-state index contributed by atoms with van der Waals surface area (Å²) in [5.74, 6) is -0.282. The molecule has 0 fully saturated rings. The first kappa shape index (κ1) is 22.2. The maximum atomic E-state index is 12.0. The monoisotopic (exact) mass is 439 g/mol. The van der Waals surface area contributed by atoms with Crippen molar-refractivity contribution in [2.75, 3.05) is 0 Å². The Morgan fingerprint density at radius 3 is 2.55 bits per heavy atom. The molecule has 31 heavy (non-hydrogen) atoms. The number of imidazole rings is 1. The molecule has 0 unspecified atom stereocenters. The van der Waals surface area contributed by atoms with Crippen molar-refractivity contribution in [3.8, 4) is 0 Å². The van der Waals surface area contributed by atoms with E-state index >= 15 is 0 Å². The molecule has 0 saturated heterocycles. The summed E-state index contributed by atoms with van der Waals surface area (Å²) < 4.78 is 1.96. The number of hydrogen-bond acceptors (Lipinski definition) is 4. The lowest BCUT2D eigenvalue weighted by molar-refractivity contribution is -0.384. The molecule has 3 rings (SSSR count). The summed E-state index contributed by atoms with van der Waals surface area (Å²) >= 11 is 6.34. The van der Waals surface area contributed by atoms with Crippen LogP contribution in [-0.2, 0) is 17.8 Å². The Kier molecular flexibility index (Phi) is 7.20. The highest BCUT2D eigenvalue weighted by Crippen LogP contribution is 2.24. The smallest absolute Gasteiger partial charge is 0.336 e. The predicted molar refractivity (Wildman–Crippen MR) is 120 cm³/mol. The number of aryl methyl sites for hydroxylation is 1. The molecule has 0 bridgehead atoms. The van der Waals surface area contributed by atoms with E-state index in [0.29, 0.717) is 22.8 Å². The van der Waals surface area contributed by atoms with Crippen LogP contribution in [0.1, 0.15) is 42.4 Å². The van der Waals surface area contributed by atoms with E-state index in [1.807, 2.05) is 28.8 Å². The normalized spacial score (nSPS) is 11.5. The van der Waals surface area contributed by atoms with E-state index in [1.165, 1.54) is 24.3 Å². The molecule has 0 spiro atoms. The number of benzene rings is 2. The summed E-state index contributed by atoms with van der Waals surface area (Å²) in [6.07, 6.45) is 5.91. The van der Waals surface area contributed by atoms with Gasteiger partial charge in [-0.2, -0.15) is 0 Å². The van der Waals surface area contributed by atoms with E-state index < -0.39 is 10.9 Å². The highest BCUT2D eigenvalue weighted by Gasteiger charge is 2.16. The molecular weight excluding hydrogens is 418 g/mol. The minimum absolute atomic E-state index is 0.0252. The number of hydrogen-bond donors (Lipinski definition) is 1. The molecule has 7 nitrogen and oxygen atoms in total. The minimum Gasteiger partial charge on any atom is -0.478 e. The number of nitro benzene ring substituents is 1. The number of carboxylic acids is 1. The number of non-ortho nitro benzene ring substituents is 1. The lowest BCUT2D eigenvalue weighted by atomic mass is 10.0. The highest BCUT2D eigenvalue weighted by atomic mass is 35.5. The molecule has 3 aromatic rings. The van der Waals surface area contributed by atoms with Crippen molar-refractivity contribution < 1.29 is 14.8 Å². The van der Waals surface area contributed by atoms with Crippen LogP contribution in [0, 0.1) is 10.1 Å². The summed E-state index contributed by atoms with van der Waals surface area (Å²) in [5.41, 5.74) is 1.83. The van der Waals surface area contributed by atoms with Crippen LogP contribution >= 0.6 is 11.6 Å². The van der Waals surface area contributed by atoms with Gasteiger partial charge in [-0.3, -0.25) is 10.1 Å². The van der Waals surface area contributed by atoms with Gasteiger partial charge in [-0.1, -0.05) is 43.1 Å². The fourth-order valence-electron chi connectivity index (χ4n) is 3.24. The first-order chi connectivity index (χ1) is 14.9. The number of aromatic nitrogens is 2. The van der Waals surface area contributed by atoms with Crippen LogP contribution in [0.15, 0.2) is 54.7 Å². The van der Waals surface area contributed by atoms with Crippen LogP contribution < -0.4 is 0 Å². The Bertz CT molecular complexity index is 1120. The van der Waals surface area contributed by atoms with Gasteiger partial charge in [0.25, 0.3) is 5.69 Å². The van der Waals surface area contributed by atoms with Crippen LogP contribution in [0.2, 0.25) is 5.02 Å². The standard InChI is InChI=1S/C23H22ClN3O4/c1-2-3-8-22-25-14-19(26(22)15-17-6-4-5-7-21(17)24)13-20(23(28)29)16-9-11-18(12-10-16)27(30)31/h4-7,9-14H,2-3,8,15H2,1H3,(H,28,29)/b20-13+. The lowest BCUT2D eigenvalue weighted by Gasteiger charge is -2.12. The van der Waals surface area contributed by atoms with Crippen LogP contribution in [0.4, 0.5) is 5.69 Å². The molecule has 0 saturated carbocycles. The highest BCUT2D eigenvalue weighted by molar-refractivity contribution is 6.31. The second-order valence-corrected chi connectivity index (χ2v) is 7.45. The predicted octanol–water partition coefficient (Wildman–Crippen LogP) is 5.46. The van der Waals surface area contributed by atoms with Gasteiger partial charge in [-0.25, -0.2) is 9.78 Å². The van der Waals surface area contributed by atoms with Crippen molar-refractivity contribution in [3.63, 3.8) is 0 Å². The molecular formula is C23H22ClN3O4. The topological polar surface area (TPSA) is 98.3 Å². The van der Waals surface area contributed by atoms with Crippen molar-refractivity contribution in [1.82, 2.24) is 9.55 Å². The van der Waals surface area contributed by atoms with Gasteiger partial charge in [0.05, 0.1) is 28.9 Å². The number of aliphatic carboxylic acids is 1. The van der Waals surface area contributed by atoms with Gasteiger partial charge >= 0.3 is 5.97 Å². The first-order valence-electron chi connectivity index (χ1n) is 9.88. The maximum absolute atomic E-state index is 12.0. The molecule has 0 atom stereocenters. The second-order valence-electron chi connectivity index (χ2n) is 7.05. The van der Waals surface area contributed by atoms with E-state index in [-0.39, 0.29) is 11.3 Å². The Hall–Kier alpha value is -3.45. The maximum Gasteiger partial charge on any atom is 0.336 e. The molecule has 0 radical (unpaired) electrons. The molecule has 1 N–H and O–H groups in total. The third kappa shape index (κ3) is 5.38. The van der Waals surface area contributed by atoms with Crippen LogP contribution in [0.3, 0.4) is 0 Å². The fraction of sp³-hybridized carbons (Fsp3) is 0.217. The Labute approximate surface area is 184 Å². The third-order valence-electron chi connectivity index (χ3n) is 4.92. The SMILES string of the molecule is CCCCc1ncc(/C=C(/C(=O)O)c2ccc([N+](=O)[O-])cc2)n1Cc1ccccc1Cl. The van der Waals surface area contributed by atoms with Crippen molar-refractivity contribution in [2.24, 2.45) is 0 Å². The molecule has 1 heterocycles. The van der Waals surface area contributed by atoms with E-state index in [4.69, 9.17) is 11.6 Å². The second kappa shape index (κ2) is 10.0. The van der Waals surface area contributed by atoms with Crippen LogP contribution in [0.25, 0.3) is 11.6 Å². The van der Waals surface area contributed by atoms with Crippen molar-refractivity contribution in [3.05, 3.63) is 92.5 Å². The van der Waals surface area contributed by atoms with Crippen molar-refractivity contribution in [2.45, 2.75) is 32.7 Å². The van der Waals surface area contributed by atoms with E-state index in [2.05, 4.69) is 11.9 Å². The molecule has 0 aliphatic heterocycles. The quantitative estimate of drug-likeness (QED) is 0.271. The van der Waals surface area contributed by atoms with Crippen molar-refractivity contribution >= 4 is 34.9 Å². The van der Waals surface area contributed by atoms with Gasteiger partial charge in [0, 0.05) is 23.6 Å². The summed E-state index contributed by atoms with van der Waals surface area (Å²) in [6, 6.07) is 13.0. The third-order valence-corrected chi connectivity index (χ3v) is 5.29. The van der Waals surface area contributed by atoms with Gasteiger partial charge in [-0.05, 0) is 41.8 Å². The number of rotatable bonds is 9. The Morgan fingerprint density at radius 2 is 1.94 bits per heavy atom. The number of nitrogens with zero attached hydrogens (tertiary/aromatic N) is 3. The zero-order chi connectivity index (χ0) is 22.4. The molecule has 0 amide bonds. The average molecular weight is 440 g/mol. The Morgan fingerprint density at radius 1 is 1.23 bits per heavy atom. The molecule has 160 valence electrons. The zero-order valence-corrected chi connectivity index (χ0v) is 17.7. The van der Waals surface area contributed by atoms with E-state index in [9.17, 15) is 20.0 Å². The van der Waals surface area contributed by atoms with Gasteiger partial charge in [0.1, 0.15) is 5.82 Å². The molecule has 2 aromatic carbocycles.